The Morgan fingerprint density at radius 1 is 1.32 bits per heavy atom. The van der Waals surface area contributed by atoms with Crippen LogP contribution in [0.15, 0.2) is 18.2 Å². The Morgan fingerprint density at radius 2 is 2.00 bits per heavy atom. The molecular weight excluding hydrogens is 298 g/mol. The third-order valence-electron chi connectivity index (χ3n) is 4.78. The fourth-order valence-electron chi connectivity index (χ4n) is 3.62. The zero-order chi connectivity index (χ0) is 15.7. The van der Waals surface area contributed by atoms with Gasteiger partial charge >= 0.3 is 0 Å². The fourth-order valence-corrected chi connectivity index (χ4v) is 5.81. The van der Waals surface area contributed by atoms with Crippen LogP contribution < -0.4 is 4.74 Å². The van der Waals surface area contributed by atoms with E-state index in [2.05, 4.69) is 6.07 Å². The molecular formula is C17H19NO3S. The molecule has 0 aliphatic carbocycles. The molecule has 0 aromatic heterocycles. The van der Waals surface area contributed by atoms with Crippen LogP contribution in [0.4, 0.5) is 0 Å². The van der Waals surface area contributed by atoms with Crippen molar-refractivity contribution in [3.63, 3.8) is 0 Å². The van der Waals surface area contributed by atoms with Gasteiger partial charge in [0.25, 0.3) is 0 Å². The van der Waals surface area contributed by atoms with E-state index < -0.39 is 10.8 Å². The Labute approximate surface area is 132 Å². The lowest BCUT2D eigenvalue weighted by atomic mass is 9.84. The Kier molecular flexibility index (Phi) is 4.30. The van der Waals surface area contributed by atoms with E-state index in [4.69, 9.17) is 10.00 Å². The number of fused-ring (bicyclic) bond motifs is 2. The number of carbonyl (C=O) groups excluding carboxylic acids is 1. The zero-order valence-electron chi connectivity index (χ0n) is 12.6. The SMILES string of the molecule is COc1cc(C(=O)C2CC3CCCC(C2)S3=O)ccc1C#N. The molecule has 0 amide bonds. The number of rotatable bonds is 3. The largest absolute Gasteiger partial charge is 0.495 e. The highest BCUT2D eigenvalue weighted by molar-refractivity contribution is 7.86. The van der Waals surface area contributed by atoms with E-state index in [9.17, 15) is 9.00 Å². The topological polar surface area (TPSA) is 67.2 Å². The number of carbonyl (C=O) groups is 1. The highest BCUT2D eigenvalue weighted by atomic mass is 32.2. The summed E-state index contributed by atoms with van der Waals surface area (Å²) < 4.78 is 17.4. The Balaban J connectivity index is 1.83. The lowest BCUT2D eigenvalue weighted by Crippen LogP contribution is -2.41. The normalized spacial score (nSPS) is 30.4. The number of nitrogens with zero attached hydrogens (tertiary/aromatic N) is 1. The van der Waals surface area contributed by atoms with Crippen molar-refractivity contribution in [1.82, 2.24) is 0 Å². The summed E-state index contributed by atoms with van der Waals surface area (Å²) in [5.41, 5.74) is 1.02. The van der Waals surface area contributed by atoms with Gasteiger partial charge in [0.2, 0.25) is 0 Å². The third-order valence-corrected chi connectivity index (χ3v) is 6.95. The summed E-state index contributed by atoms with van der Waals surface area (Å²) in [7, 11) is 0.738. The van der Waals surface area contributed by atoms with Crippen LogP contribution in [0.3, 0.4) is 0 Å². The summed E-state index contributed by atoms with van der Waals surface area (Å²) in [4.78, 5) is 12.8. The quantitative estimate of drug-likeness (QED) is 0.804. The maximum absolute atomic E-state index is 12.8. The number of nitriles is 1. The molecule has 3 rings (SSSR count). The zero-order valence-corrected chi connectivity index (χ0v) is 13.4. The van der Waals surface area contributed by atoms with Crippen LogP contribution in [0.2, 0.25) is 0 Å². The molecule has 2 aliphatic heterocycles. The predicted octanol–water partition coefficient (Wildman–Crippen LogP) is 2.83. The minimum absolute atomic E-state index is 0.0503. The van der Waals surface area contributed by atoms with Gasteiger partial charge in [0, 0.05) is 32.8 Å². The molecule has 116 valence electrons. The first-order valence-corrected chi connectivity index (χ1v) is 8.93. The minimum atomic E-state index is -0.761. The number of hydrogen-bond acceptors (Lipinski definition) is 4. The van der Waals surface area contributed by atoms with Crippen molar-refractivity contribution in [3.05, 3.63) is 29.3 Å². The highest BCUT2D eigenvalue weighted by Gasteiger charge is 2.40. The second kappa shape index (κ2) is 6.21. The van der Waals surface area contributed by atoms with Gasteiger partial charge < -0.3 is 4.74 Å². The van der Waals surface area contributed by atoms with Gasteiger partial charge in [-0.1, -0.05) is 6.42 Å². The van der Waals surface area contributed by atoms with Crippen molar-refractivity contribution in [3.8, 4) is 11.8 Å². The van der Waals surface area contributed by atoms with Crippen LogP contribution in [-0.2, 0) is 10.8 Å². The summed E-state index contributed by atoms with van der Waals surface area (Å²) in [5, 5.41) is 9.38. The van der Waals surface area contributed by atoms with Crippen LogP contribution >= 0.6 is 0 Å². The first-order valence-electron chi connectivity index (χ1n) is 7.65. The average molecular weight is 317 g/mol. The van der Waals surface area contributed by atoms with Crippen molar-refractivity contribution >= 4 is 16.6 Å². The molecule has 0 spiro atoms. The lowest BCUT2D eigenvalue weighted by Gasteiger charge is -2.37. The highest BCUT2D eigenvalue weighted by Crippen LogP contribution is 2.38. The number of Topliss-reactive ketones (excluding diaryl/α,β-unsaturated/α-hetero) is 1. The maximum Gasteiger partial charge on any atom is 0.166 e. The van der Waals surface area contributed by atoms with Crippen molar-refractivity contribution < 1.29 is 13.7 Å². The molecule has 1 aromatic carbocycles. The van der Waals surface area contributed by atoms with Gasteiger partial charge in [0.05, 0.1) is 12.7 Å². The molecule has 0 N–H and O–H groups in total. The molecule has 2 aliphatic rings. The minimum Gasteiger partial charge on any atom is -0.495 e. The molecule has 22 heavy (non-hydrogen) atoms. The van der Waals surface area contributed by atoms with Crippen molar-refractivity contribution in [2.45, 2.75) is 42.6 Å². The Morgan fingerprint density at radius 3 is 2.59 bits per heavy atom. The van der Waals surface area contributed by atoms with Crippen LogP contribution in [0.5, 0.6) is 5.75 Å². The molecule has 2 heterocycles. The molecule has 2 atom stereocenters. The monoisotopic (exact) mass is 317 g/mol. The summed E-state index contributed by atoms with van der Waals surface area (Å²) in [6, 6.07) is 7.04. The Bertz CT molecular complexity index is 648. The molecule has 2 fully saturated rings. The van der Waals surface area contributed by atoms with Gasteiger partial charge in [-0.25, -0.2) is 0 Å². The average Bonchev–Trinajstić information content (AvgIpc) is 2.53. The molecule has 0 saturated carbocycles. The van der Waals surface area contributed by atoms with Gasteiger partial charge in [0.1, 0.15) is 11.8 Å². The molecule has 0 radical (unpaired) electrons. The van der Waals surface area contributed by atoms with Crippen molar-refractivity contribution in [1.29, 1.82) is 5.26 Å². The number of methoxy groups -OCH3 is 1. The van der Waals surface area contributed by atoms with Crippen molar-refractivity contribution in [2.24, 2.45) is 5.92 Å². The molecule has 2 saturated heterocycles. The van der Waals surface area contributed by atoms with Gasteiger partial charge in [-0.2, -0.15) is 5.26 Å². The second-order valence-electron chi connectivity index (χ2n) is 6.06. The molecule has 2 unspecified atom stereocenters. The van der Waals surface area contributed by atoms with E-state index in [1.165, 1.54) is 7.11 Å². The number of ether oxygens (including phenoxy) is 1. The summed E-state index contributed by atoms with van der Waals surface area (Å²) in [6.45, 7) is 0. The van der Waals surface area contributed by atoms with Crippen molar-refractivity contribution in [2.75, 3.05) is 7.11 Å². The third kappa shape index (κ3) is 2.68. The fraction of sp³-hybridized carbons (Fsp3) is 0.529. The van der Waals surface area contributed by atoms with E-state index >= 15 is 0 Å². The smallest absolute Gasteiger partial charge is 0.166 e. The van der Waals surface area contributed by atoms with Gasteiger partial charge in [0.15, 0.2) is 5.78 Å². The summed E-state index contributed by atoms with van der Waals surface area (Å²) in [6.07, 6.45) is 4.54. The van der Waals surface area contributed by atoms with Crippen LogP contribution in [-0.4, -0.2) is 27.6 Å². The molecule has 2 bridgehead atoms. The first kappa shape index (κ1) is 15.2. The maximum atomic E-state index is 12.8. The lowest BCUT2D eigenvalue weighted by molar-refractivity contribution is 0.0895. The molecule has 5 heteroatoms. The summed E-state index contributed by atoms with van der Waals surface area (Å²) in [5.74, 6) is 0.481. The number of benzene rings is 1. The first-order chi connectivity index (χ1) is 10.6. The summed E-state index contributed by atoms with van der Waals surface area (Å²) >= 11 is 0. The standard InChI is InChI=1S/C17H19NO3S/c1-21-16-9-11(5-6-12(16)10-18)17(19)13-7-14-3-2-4-15(8-13)22(14)20/h5-6,9,13-15H,2-4,7-8H2,1H3. The van der Waals surface area contributed by atoms with Gasteiger partial charge in [-0.05, 0) is 43.9 Å². The molecule has 1 aromatic rings. The van der Waals surface area contributed by atoms with E-state index in [0.717, 1.165) is 32.1 Å². The van der Waals surface area contributed by atoms with E-state index in [0.29, 0.717) is 16.9 Å². The second-order valence-corrected chi connectivity index (χ2v) is 8.05. The van der Waals surface area contributed by atoms with E-state index in [1.54, 1.807) is 18.2 Å². The van der Waals surface area contributed by atoms with Crippen LogP contribution in [0.1, 0.15) is 48.0 Å². The predicted molar refractivity (Wildman–Crippen MR) is 84.3 cm³/mol. The van der Waals surface area contributed by atoms with E-state index in [-0.39, 0.29) is 22.2 Å². The molecule has 4 nitrogen and oxygen atoms in total. The van der Waals surface area contributed by atoms with Gasteiger partial charge in [-0.3, -0.25) is 9.00 Å². The van der Waals surface area contributed by atoms with Crippen LogP contribution in [0, 0.1) is 17.2 Å². The van der Waals surface area contributed by atoms with Gasteiger partial charge in [-0.15, -0.1) is 0 Å². The Hall–Kier alpha value is -1.67. The number of ketones is 1. The van der Waals surface area contributed by atoms with E-state index in [1.807, 2.05) is 0 Å². The van der Waals surface area contributed by atoms with Crippen LogP contribution in [0.25, 0.3) is 0 Å². The number of hydrogen-bond donors (Lipinski definition) is 0.